The number of hydrogen-bond donors (Lipinski definition) is 0. The number of aryl methyl sites for hydroxylation is 1. The maximum absolute atomic E-state index is 13.4. The van der Waals surface area contributed by atoms with Gasteiger partial charge in [-0.1, -0.05) is 29.8 Å². The molecule has 4 rings (SSSR count). The molecule has 1 aliphatic heterocycles. The number of amides is 1. The standard InChI is InChI=1S/C26H32N4O3/c1-21-6-8-23(9-7-21)26(31)30(13-12-28-14-16-33-17-15-28)20-25-27-10-11-29(25)19-22-4-3-5-24(18-22)32-2/h3-11,18H,12-17,19-20H2,1-2H3. The van der Waals surface area contributed by atoms with E-state index in [1.165, 1.54) is 0 Å². The predicted molar refractivity (Wildman–Crippen MR) is 128 cm³/mol. The van der Waals surface area contributed by atoms with Gasteiger partial charge in [0.05, 0.1) is 26.9 Å². The fourth-order valence-corrected chi connectivity index (χ4v) is 3.99. The van der Waals surface area contributed by atoms with Gasteiger partial charge in [-0.15, -0.1) is 0 Å². The predicted octanol–water partition coefficient (Wildman–Crippen LogP) is 3.22. The van der Waals surface area contributed by atoms with E-state index >= 15 is 0 Å². The van der Waals surface area contributed by atoms with Gasteiger partial charge in [-0.2, -0.15) is 0 Å². The van der Waals surface area contributed by atoms with Gasteiger partial charge in [0.2, 0.25) is 0 Å². The number of carbonyl (C=O) groups excluding carboxylic acids is 1. The molecule has 7 nitrogen and oxygen atoms in total. The third kappa shape index (κ3) is 6.21. The van der Waals surface area contributed by atoms with Crippen molar-refractivity contribution < 1.29 is 14.3 Å². The molecule has 1 aliphatic rings. The highest BCUT2D eigenvalue weighted by atomic mass is 16.5. The highest BCUT2D eigenvalue weighted by Gasteiger charge is 2.20. The number of rotatable bonds is 9. The van der Waals surface area contributed by atoms with Crippen molar-refractivity contribution in [3.63, 3.8) is 0 Å². The highest BCUT2D eigenvalue weighted by Crippen LogP contribution is 2.16. The molecule has 0 unspecified atom stereocenters. The van der Waals surface area contributed by atoms with Gasteiger partial charge in [0.25, 0.3) is 5.91 Å². The van der Waals surface area contributed by atoms with Crippen molar-refractivity contribution in [1.29, 1.82) is 0 Å². The van der Waals surface area contributed by atoms with Gasteiger partial charge in [-0.25, -0.2) is 4.98 Å². The topological polar surface area (TPSA) is 59.8 Å². The molecule has 1 saturated heterocycles. The molecule has 1 fully saturated rings. The first kappa shape index (κ1) is 23.0. The summed E-state index contributed by atoms with van der Waals surface area (Å²) in [6.07, 6.45) is 3.76. The van der Waals surface area contributed by atoms with E-state index in [1.807, 2.05) is 60.5 Å². The summed E-state index contributed by atoms with van der Waals surface area (Å²) >= 11 is 0. The Hall–Kier alpha value is -3.16. The first-order chi connectivity index (χ1) is 16.1. The SMILES string of the molecule is COc1cccc(Cn2ccnc2CN(CCN2CCOCC2)C(=O)c2ccc(C)cc2)c1. The molecular weight excluding hydrogens is 416 g/mol. The number of nitrogens with zero attached hydrogens (tertiary/aromatic N) is 4. The zero-order valence-electron chi connectivity index (χ0n) is 19.4. The van der Waals surface area contributed by atoms with Crippen LogP contribution in [0.15, 0.2) is 60.9 Å². The van der Waals surface area contributed by atoms with Crippen LogP contribution >= 0.6 is 0 Å². The Kier molecular flexibility index (Phi) is 7.75. The van der Waals surface area contributed by atoms with Crippen LogP contribution in [0.3, 0.4) is 0 Å². The molecule has 0 radical (unpaired) electrons. The normalized spacial score (nSPS) is 14.2. The Morgan fingerprint density at radius 2 is 1.94 bits per heavy atom. The van der Waals surface area contributed by atoms with Gasteiger partial charge in [0, 0.05) is 50.7 Å². The van der Waals surface area contributed by atoms with Gasteiger partial charge < -0.3 is 18.9 Å². The van der Waals surface area contributed by atoms with E-state index in [0.717, 1.165) is 55.5 Å². The van der Waals surface area contributed by atoms with Gasteiger partial charge in [0.15, 0.2) is 0 Å². The lowest BCUT2D eigenvalue weighted by Gasteiger charge is -2.30. The molecule has 0 N–H and O–H groups in total. The number of imidazole rings is 1. The first-order valence-corrected chi connectivity index (χ1v) is 11.4. The monoisotopic (exact) mass is 448 g/mol. The average Bonchev–Trinajstić information content (AvgIpc) is 3.29. The largest absolute Gasteiger partial charge is 0.497 e. The van der Waals surface area contributed by atoms with Crippen molar-refractivity contribution in [2.24, 2.45) is 0 Å². The maximum atomic E-state index is 13.4. The molecule has 0 spiro atoms. The van der Waals surface area contributed by atoms with E-state index in [9.17, 15) is 4.79 Å². The summed E-state index contributed by atoms with van der Waals surface area (Å²) in [5.41, 5.74) is 2.96. The Bertz CT molecular complexity index is 1040. The van der Waals surface area contributed by atoms with Gasteiger partial charge in [-0.05, 0) is 36.8 Å². The Balaban J connectivity index is 1.51. The summed E-state index contributed by atoms with van der Waals surface area (Å²) in [5.74, 6) is 1.72. The van der Waals surface area contributed by atoms with Crippen LogP contribution in [0.4, 0.5) is 0 Å². The van der Waals surface area contributed by atoms with Crippen molar-refractivity contribution in [3.05, 3.63) is 83.4 Å². The van der Waals surface area contributed by atoms with E-state index in [1.54, 1.807) is 13.3 Å². The van der Waals surface area contributed by atoms with E-state index in [4.69, 9.17) is 9.47 Å². The van der Waals surface area contributed by atoms with Crippen LogP contribution < -0.4 is 4.74 Å². The molecule has 0 bridgehead atoms. The Morgan fingerprint density at radius 1 is 1.15 bits per heavy atom. The minimum absolute atomic E-state index is 0.0270. The van der Waals surface area contributed by atoms with E-state index in [0.29, 0.717) is 25.2 Å². The van der Waals surface area contributed by atoms with Crippen molar-refractivity contribution in [3.8, 4) is 5.75 Å². The number of ether oxygens (including phenoxy) is 2. The Labute approximate surface area is 195 Å². The van der Waals surface area contributed by atoms with Crippen LogP contribution in [0.1, 0.15) is 27.3 Å². The first-order valence-electron chi connectivity index (χ1n) is 11.4. The molecule has 174 valence electrons. The van der Waals surface area contributed by atoms with Gasteiger partial charge >= 0.3 is 0 Å². The molecule has 1 amide bonds. The summed E-state index contributed by atoms with van der Waals surface area (Å²) < 4.78 is 12.9. The van der Waals surface area contributed by atoms with E-state index in [-0.39, 0.29) is 5.91 Å². The fourth-order valence-electron chi connectivity index (χ4n) is 3.99. The van der Waals surface area contributed by atoms with Crippen molar-refractivity contribution >= 4 is 5.91 Å². The molecule has 33 heavy (non-hydrogen) atoms. The third-order valence-electron chi connectivity index (χ3n) is 6.00. The summed E-state index contributed by atoms with van der Waals surface area (Å²) in [4.78, 5) is 22.3. The summed E-state index contributed by atoms with van der Waals surface area (Å²) in [7, 11) is 1.67. The van der Waals surface area contributed by atoms with Crippen LogP contribution in [0, 0.1) is 6.92 Å². The molecule has 0 aliphatic carbocycles. The fraction of sp³-hybridized carbons (Fsp3) is 0.385. The van der Waals surface area contributed by atoms with Crippen molar-refractivity contribution in [1.82, 2.24) is 19.4 Å². The van der Waals surface area contributed by atoms with Crippen LogP contribution in [0.25, 0.3) is 0 Å². The molecule has 0 saturated carbocycles. The minimum Gasteiger partial charge on any atom is -0.497 e. The number of hydrogen-bond acceptors (Lipinski definition) is 5. The van der Waals surface area contributed by atoms with Crippen LogP contribution in [0.5, 0.6) is 5.75 Å². The quantitative estimate of drug-likeness (QED) is 0.503. The molecule has 3 aromatic rings. The van der Waals surface area contributed by atoms with Crippen molar-refractivity contribution in [2.45, 2.75) is 20.0 Å². The molecule has 2 heterocycles. The van der Waals surface area contributed by atoms with E-state index in [2.05, 4.69) is 20.5 Å². The molecule has 0 atom stereocenters. The smallest absolute Gasteiger partial charge is 0.254 e. The van der Waals surface area contributed by atoms with Crippen LogP contribution in [-0.4, -0.2) is 71.8 Å². The summed E-state index contributed by atoms with van der Waals surface area (Å²) in [6, 6.07) is 15.8. The lowest BCUT2D eigenvalue weighted by atomic mass is 10.1. The minimum atomic E-state index is 0.0270. The maximum Gasteiger partial charge on any atom is 0.254 e. The lowest BCUT2D eigenvalue weighted by molar-refractivity contribution is 0.0318. The molecule has 7 heteroatoms. The zero-order valence-corrected chi connectivity index (χ0v) is 19.4. The number of benzene rings is 2. The molecule has 1 aromatic heterocycles. The van der Waals surface area contributed by atoms with Crippen LogP contribution in [-0.2, 0) is 17.8 Å². The number of morpholine rings is 1. The number of methoxy groups -OCH3 is 1. The van der Waals surface area contributed by atoms with Crippen molar-refractivity contribution in [2.75, 3.05) is 46.5 Å². The van der Waals surface area contributed by atoms with Crippen LogP contribution in [0.2, 0.25) is 0 Å². The molecule has 2 aromatic carbocycles. The summed E-state index contributed by atoms with van der Waals surface area (Å²) in [6.45, 7) is 7.90. The second-order valence-corrected chi connectivity index (χ2v) is 8.37. The van der Waals surface area contributed by atoms with Gasteiger partial charge in [0.1, 0.15) is 11.6 Å². The zero-order chi connectivity index (χ0) is 23.0. The Morgan fingerprint density at radius 3 is 2.70 bits per heavy atom. The third-order valence-corrected chi connectivity index (χ3v) is 6.00. The van der Waals surface area contributed by atoms with E-state index < -0.39 is 0 Å². The highest BCUT2D eigenvalue weighted by molar-refractivity contribution is 5.94. The second kappa shape index (κ2) is 11.1. The second-order valence-electron chi connectivity index (χ2n) is 8.37. The van der Waals surface area contributed by atoms with Gasteiger partial charge in [-0.3, -0.25) is 9.69 Å². The lowest BCUT2D eigenvalue weighted by Crippen LogP contribution is -2.43. The summed E-state index contributed by atoms with van der Waals surface area (Å²) in [5, 5.41) is 0. The number of aromatic nitrogens is 2. The average molecular weight is 449 g/mol. The molecular formula is C26H32N4O3. The number of carbonyl (C=O) groups is 1.